The third-order valence-corrected chi connectivity index (χ3v) is 4.31. The normalized spacial score (nSPS) is 14.5. The first-order valence-corrected chi connectivity index (χ1v) is 9.51. The number of carbonyl (C=O) groups is 1. The minimum absolute atomic E-state index is 0.0779. The fourth-order valence-corrected chi connectivity index (χ4v) is 3.22. The summed E-state index contributed by atoms with van der Waals surface area (Å²) in [6.45, 7) is 10.6. The first kappa shape index (κ1) is 19.6. The van der Waals surface area contributed by atoms with Gasteiger partial charge in [-0.05, 0) is 59.7 Å². The van der Waals surface area contributed by atoms with Crippen LogP contribution in [-0.4, -0.2) is 50.1 Å². The summed E-state index contributed by atoms with van der Waals surface area (Å²) in [5.41, 5.74) is 0.550. The van der Waals surface area contributed by atoms with Gasteiger partial charge in [-0.1, -0.05) is 0 Å². The van der Waals surface area contributed by atoms with Gasteiger partial charge in [0.1, 0.15) is 22.8 Å². The van der Waals surface area contributed by atoms with E-state index in [2.05, 4.69) is 4.90 Å². The molecular weight excluding hydrogens is 318 g/mol. The smallest absolute Gasteiger partial charge is 0.170 e. The van der Waals surface area contributed by atoms with Crippen molar-refractivity contribution in [3.63, 3.8) is 0 Å². The quantitative estimate of drug-likeness (QED) is 0.566. The third kappa shape index (κ3) is 5.63. The van der Waals surface area contributed by atoms with Gasteiger partial charge >= 0.3 is 0 Å². The zero-order valence-corrected chi connectivity index (χ0v) is 15.8. The van der Waals surface area contributed by atoms with Crippen molar-refractivity contribution in [1.82, 2.24) is 4.90 Å². The van der Waals surface area contributed by atoms with Crippen LogP contribution < -0.4 is 14.2 Å². The highest BCUT2D eigenvalue weighted by Crippen LogP contribution is 2.35. The summed E-state index contributed by atoms with van der Waals surface area (Å²) >= 11 is 0. The molecule has 1 fully saturated rings. The standard InChI is InChI=1S/C20H31NO4/c1-4-23-16-14-18(24-5-2)20(19(15-16)25-6-3)17(22)10-9-13-21-11-7-8-12-21/h14-15H,4-13H2,1-3H3. The van der Waals surface area contributed by atoms with Crippen LogP contribution in [0.15, 0.2) is 12.1 Å². The molecule has 1 saturated heterocycles. The fraction of sp³-hybridized carbons (Fsp3) is 0.650. The lowest BCUT2D eigenvalue weighted by Crippen LogP contribution is -2.21. The molecule has 0 bridgehead atoms. The van der Waals surface area contributed by atoms with Crippen LogP contribution in [0, 0.1) is 0 Å². The average molecular weight is 349 g/mol. The predicted molar refractivity (Wildman–Crippen MR) is 99.2 cm³/mol. The van der Waals surface area contributed by atoms with E-state index in [1.165, 1.54) is 12.8 Å². The molecule has 0 amide bonds. The van der Waals surface area contributed by atoms with Gasteiger partial charge in [0.15, 0.2) is 5.78 Å². The van der Waals surface area contributed by atoms with Gasteiger partial charge in [0, 0.05) is 18.6 Å². The summed E-state index contributed by atoms with van der Waals surface area (Å²) in [5.74, 6) is 1.86. The van der Waals surface area contributed by atoms with Crippen LogP contribution in [0.2, 0.25) is 0 Å². The van der Waals surface area contributed by atoms with Gasteiger partial charge < -0.3 is 19.1 Å². The number of benzene rings is 1. The molecule has 0 N–H and O–H groups in total. The van der Waals surface area contributed by atoms with E-state index in [0.717, 1.165) is 26.1 Å². The van der Waals surface area contributed by atoms with Crippen molar-refractivity contribution < 1.29 is 19.0 Å². The molecular formula is C20H31NO4. The molecule has 0 aliphatic carbocycles. The summed E-state index contributed by atoms with van der Waals surface area (Å²) in [5, 5.41) is 0. The minimum atomic E-state index is 0.0779. The van der Waals surface area contributed by atoms with Crippen LogP contribution in [0.1, 0.15) is 56.8 Å². The molecule has 1 aromatic carbocycles. The number of carbonyl (C=O) groups excluding carboxylic acids is 1. The lowest BCUT2D eigenvalue weighted by atomic mass is 10.0. The van der Waals surface area contributed by atoms with Crippen LogP contribution in [0.5, 0.6) is 17.2 Å². The summed E-state index contributed by atoms with van der Waals surface area (Å²) in [6.07, 6.45) is 3.92. The van der Waals surface area contributed by atoms with Crippen molar-refractivity contribution in [1.29, 1.82) is 0 Å². The number of ketones is 1. The Morgan fingerprint density at radius 2 is 1.52 bits per heavy atom. The molecule has 0 atom stereocenters. The minimum Gasteiger partial charge on any atom is -0.494 e. The Hall–Kier alpha value is -1.75. The summed E-state index contributed by atoms with van der Waals surface area (Å²) < 4.78 is 17.0. The highest BCUT2D eigenvalue weighted by atomic mass is 16.5. The van der Waals surface area contributed by atoms with Crippen LogP contribution >= 0.6 is 0 Å². The lowest BCUT2D eigenvalue weighted by Gasteiger charge is -2.17. The van der Waals surface area contributed by atoms with Gasteiger partial charge in [0.05, 0.1) is 19.8 Å². The van der Waals surface area contributed by atoms with E-state index in [1.807, 2.05) is 20.8 Å². The van der Waals surface area contributed by atoms with Crippen molar-refractivity contribution in [2.24, 2.45) is 0 Å². The Morgan fingerprint density at radius 1 is 0.960 bits per heavy atom. The van der Waals surface area contributed by atoms with Crippen molar-refractivity contribution >= 4 is 5.78 Å². The van der Waals surface area contributed by atoms with Crippen molar-refractivity contribution in [2.45, 2.75) is 46.5 Å². The zero-order chi connectivity index (χ0) is 18.1. The molecule has 140 valence electrons. The van der Waals surface area contributed by atoms with Crippen LogP contribution in [-0.2, 0) is 0 Å². The third-order valence-electron chi connectivity index (χ3n) is 4.31. The molecule has 0 unspecified atom stereocenters. The summed E-state index contributed by atoms with van der Waals surface area (Å²) in [4.78, 5) is 15.3. The van der Waals surface area contributed by atoms with Gasteiger partial charge in [-0.3, -0.25) is 4.79 Å². The van der Waals surface area contributed by atoms with Crippen molar-refractivity contribution in [3.05, 3.63) is 17.7 Å². The molecule has 0 radical (unpaired) electrons. The molecule has 1 heterocycles. The molecule has 2 rings (SSSR count). The number of Topliss-reactive ketones (excluding diaryl/α,β-unsaturated/α-hetero) is 1. The molecule has 1 aliphatic rings. The van der Waals surface area contributed by atoms with E-state index in [1.54, 1.807) is 12.1 Å². The predicted octanol–water partition coefficient (Wildman–Crippen LogP) is 3.94. The second-order valence-corrected chi connectivity index (χ2v) is 6.17. The summed E-state index contributed by atoms with van der Waals surface area (Å²) in [7, 11) is 0. The Balaban J connectivity index is 2.14. The molecule has 5 heteroatoms. The average Bonchev–Trinajstić information content (AvgIpc) is 3.09. The second kappa shape index (κ2) is 10.3. The number of ether oxygens (including phenoxy) is 3. The van der Waals surface area contributed by atoms with E-state index in [9.17, 15) is 4.79 Å². The van der Waals surface area contributed by atoms with Gasteiger partial charge in [0.25, 0.3) is 0 Å². The van der Waals surface area contributed by atoms with Crippen LogP contribution in [0.3, 0.4) is 0 Å². The van der Waals surface area contributed by atoms with Crippen LogP contribution in [0.4, 0.5) is 0 Å². The Kier molecular flexibility index (Phi) is 8.06. The Morgan fingerprint density at radius 3 is 2.04 bits per heavy atom. The van der Waals surface area contributed by atoms with Gasteiger partial charge in [0.2, 0.25) is 0 Å². The molecule has 25 heavy (non-hydrogen) atoms. The highest BCUT2D eigenvalue weighted by Gasteiger charge is 2.21. The SMILES string of the molecule is CCOc1cc(OCC)c(C(=O)CCCN2CCCC2)c(OCC)c1. The first-order valence-electron chi connectivity index (χ1n) is 9.51. The van der Waals surface area contributed by atoms with Crippen molar-refractivity contribution in [3.8, 4) is 17.2 Å². The van der Waals surface area contributed by atoms with Gasteiger partial charge in [-0.15, -0.1) is 0 Å². The number of likely N-dealkylation sites (tertiary alicyclic amines) is 1. The maximum absolute atomic E-state index is 12.9. The van der Waals surface area contributed by atoms with E-state index in [4.69, 9.17) is 14.2 Å². The van der Waals surface area contributed by atoms with Crippen molar-refractivity contribution in [2.75, 3.05) is 39.5 Å². The molecule has 1 aliphatic heterocycles. The molecule has 1 aromatic rings. The number of nitrogens with zero attached hydrogens (tertiary/aromatic N) is 1. The molecule has 0 saturated carbocycles. The monoisotopic (exact) mass is 349 g/mol. The number of hydrogen-bond donors (Lipinski definition) is 0. The largest absolute Gasteiger partial charge is 0.494 e. The van der Waals surface area contributed by atoms with E-state index >= 15 is 0 Å². The van der Waals surface area contributed by atoms with E-state index < -0.39 is 0 Å². The zero-order valence-electron chi connectivity index (χ0n) is 15.8. The van der Waals surface area contributed by atoms with Gasteiger partial charge in [-0.25, -0.2) is 0 Å². The Labute approximate surface area is 151 Å². The number of hydrogen-bond acceptors (Lipinski definition) is 5. The molecule has 0 aromatic heterocycles. The maximum atomic E-state index is 12.9. The Bertz CT molecular complexity index is 526. The maximum Gasteiger partial charge on any atom is 0.170 e. The second-order valence-electron chi connectivity index (χ2n) is 6.17. The van der Waals surface area contributed by atoms with Gasteiger partial charge in [-0.2, -0.15) is 0 Å². The first-order chi connectivity index (χ1) is 12.2. The van der Waals surface area contributed by atoms with E-state index in [-0.39, 0.29) is 5.78 Å². The molecule has 0 spiro atoms. The highest BCUT2D eigenvalue weighted by molar-refractivity contribution is 6.01. The topological polar surface area (TPSA) is 48.0 Å². The van der Waals surface area contributed by atoms with Crippen LogP contribution in [0.25, 0.3) is 0 Å². The lowest BCUT2D eigenvalue weighted by molar-refractivity contribution is 0.0968. The number of rotatable bonds is 11. The fourth-order valence-electron chi connectivity index (χ4n) is 3.22. The summed E-state index contributed by atoms with van der Waals surface area (Å²) in [6, 6.07) is 3.59. The molecule has 5 nitrogen and oxygen atoms in total. The van der Waals surface area contributed by atoms with E-state index in [0.29, 0.717) is 49.1 Å².